The molecule has 0 radical (unpaired) electrons. The topological polar surface area (TPSA) is 29.3 Å². The molecule has 1 fully saturated rings. The highest BCUT2D eigenvalue weighted by Crippen LogP contribution is 2.31. The summed E-state index contributed by atoms with van der Waals surface area (Å²) in [5, 5.41) is 0. The van der Waals surface area contributed by atoms with E-state index >= 15 is 0 Å². The maximum absolute atomic E-state index is 13.9. The first-order valence-electron chi connectivity index (χ1n) is 7.49. The van der Waals surface area contributed by atoms with E-state index in [-0.39, 0.29) is 17.6 Å². The molecule has 2 nitrogen and oxygen atoms in total. The van der Waals surface area contributed by atoms with Gasteiger partial charge in [0.1, 0.15) is 11.6 Å². The van der Waals surface area contributed by atoms with Crippen LogP contribution < -0.4 is 5.73 Å². The minimum Gasteiger partial charge on any atom is -0.328 e. The maximum atomic E-state index is 13.9. The monoisotopic (exact) mass is 282 g/mol. The summed E-state index contributed by atoms with van der Waals surface area (Å²) in [6.45, 7) is 4.72. The Labute approximate surface area is 120 Å². The van der Waals surface area contributed by atoms with E-state index < -0.39 is 11.6 Å². The molecule has 1 aromatic carbocycles. The van der Waals surface area contributed by atoms with Crippen LogP contribution in [0, 0.1) is 11.6 Å². The molecule has 20 heavy (non-hydrogen) atoms. The molecule has 0 saturated heterocycles. The second-order valence-corrected chi connectivity index (χ2v) is 5.71. The number of hydrogen-bond donors (Lipinski definition) is 1. The predicted octanol–water partition coefficient (Wildman–Crippen LogP) is 3.62. The number of nitrogens with two attached hydrogens (primary N) is 1. The first-order valence-corrected chi connectivity index (χ1v) is 7.49. The van der Waals surface area contributed by atoms with Crippen molar-refractivity contribution in [2.24, 2.45) is 5.73 Å². The van der Waals surface area contributed by atoms with Gasteiger partial charge in [0.2, 0.25) is 0 Å². The quantitative estimate of drug-likeness (QED) is 0.914. The van der Waals surface area contributed by atoms with E-state index in [2.05, 4.69) is 4.90 Å². The van der Waals surface area contributed by atoms with E-state index in [9.17, 15) is 8.78 Å². The van der Waals surface area contributed by atoms with Crippen LogP contribution in [0.3, 0.4) is 0 Å². The lowest BCUT2D eigenvalue weighted by atomic mass is 9.89. The van der Waals surface area contributed by atoms with Crippen molar-refractivity contribution in [2.45, 2.75) is 57.7 Å². The van der Waals surface area contributed by atoms with Crippen LogP contribution in [-0.2, 0) is 0 Å². The Morgan fingerprint density at radius 2 is 1.75 bits per heavy atom. The molecule has 1 atom stereocenters. The Balaban J connectivity index is 2.18. The zero-order valence-electron chi connectivity index (χ0n) is 12.3. The lowest BCUT2D eigenvalue weighted by molar-refractivity contribution is 0.110. The summed E-state index contributed by atoms with van der Waals surface area (Å²) in [6, 6.07) is 4.48. The summed E-state index contributed by atoms with van der Waals surface area (Å²) in [7, 11) is 0. The molecule has 0 aromatic heterocycles. The SMILES string of the molecule is CCN(C1CCC(N)CC1)C(C)c1c(F)cccc1F. The fraction of sp³-hybridized carbons (Fsp3) is 0.625. The summed E-state index contributed by atoms with van der Waals surface area (Å²) >= 11 is 0. The average molecular weight is 282 g/mol. The van der Waals surface area contributed by atoms with Crippen LogP contribution in [-0.4, -0.2) is 23.5 Å². The minimum absolute atomic E-state index is 0.184. The number of benzene rings is 1. The third-order valence-corrected chi connectivity index (χ3v) is 4.49. The molecule has 0 amide bonds. The molecule has 0 spiro atoms. The molecule has 1 saturated carbocycles. The van der Waals surface area contributed by atoms with Gasteiger partial charge in [0.25, 0.3) is 0 Å². The van der Waals surface area contributed by atoms with Crippen molar-refractivity contribution in [1.82, 2.24) is 4.90 Å². The highest BCUT2D eigenvalue weighted by molar-refractivity contribution is 5.23. The Bertz CT molecular complexity index is 422. The largest absolute Gasteiger partial charge is 0.328 e. The summed E-state index contributed by atoms with van der Waals surface area (Å²) in [5.74, 6) is -0.910. The van der Waals surface area contributed by atoms with E-state index in [0.29, 0.717) is 6.04 Å². The van der Waals surface area contributed by atoms with Crippen molar-refractivity contribution < 1.29 is 8.78 Å². The molecule has 1 aromatic rings. The van der Waals surface area contributed by atoms with Gasteiger partial charge in [0, 0.05) is 23.7 Å². The van der Waals surface area contributed by atoms with Crippen molar-refractivity contribution in [1.29, 1.82) is 0 Å². The molecular formula is C16H24F2N2. The van der Waals surface area contributed by atoms with Crippen LogP contribution in [0.25, 0.3) is 0 Å². The highest BCUT2D eigenvalue weighted by atomic mass is 19.1. The molecule has 0 aliphatic heterocycles. The van der Waals surface area contributed by atoms with E-state index in [1.165, 1.54) is 18.2 Å². The van der Waals surface area contributed by atoms with Crippen LogP contribution in [0.4, 0.5) is 8.78 Å². The van der Waals surface area contributed by atoms with Gasteiger partial charge in [-0.3, -0.25) is 4.90 Å². The minimum atomic E-state index is -0.455. The Kier molecular flexibility index (Phi) is 5.11. The molecule has 4 heteroatoms. The number of hydrogen-bond acceptors (Lipinski definition) is 2. The molecule has 1 unspecified atom stereocenters. The Hall–Kier alpha value is -1.00. The fourth-order valence-corrected chi connectivity index (χ4v) is 3.36. The summed E-state index contributed by atoms with van der Waals surface area (Å²) in [6.07, 6.45) is 4.01. The van der Waals surface area contributed by atoms with Crippen LogP contribution in [0.2, 0.25) is 0 Å². The normalized spacial score (nSPS) is 24.9. The zero-order chi connectivity index (χ0) is 14.7. The first-order chi connectivity index (χ1) is 9.54. The molecule has 0 heterocycles. The third kappa shape index (κ3) is 3.18. The average Bonchev–Trinajstić information content (AvgIpc) is 2.41. The number of nitrogens with zero attached hydrogens (tertiary/aromatic N) is 1. The van der Waals surface area contributed by atoms with Gasteiger partial charge in [-0.05, 0) is 51.3 Å². The lowest BCUT2D eigenvalue weighted by Crippen LogP contribution is -2.42. The maximum Gasteiger partial charge on any atom is 0.130 e. The Morgan fingerprint density at radius 3 is 2.25 bits per heavy atom. The van der Waals surface area contributed by atoms with E-state index in [4.69, 9.17) is 5.73 Å². The van der Waals surface area contributed by atoms with Crippen LogP contribution in [0.1, 0.15) is 51.1 Å². The first kappa shape index (κ1) is 15.4. The molecule has 2 rings (SSSR count). The zero-order valence-corrected chi connectivity index (χ0v) is 12.3. The molecule has 112 valence electrons. The van der Waals surface area contributed by atoms with Crippen molar-refractivity contribution in [3.05, 3.63) is 35.4 Å². The second kappa shape index (κ2) is 6.64. The third-order valence-electron chi connectivity index (χ3n) is 4.49. The fourth-order valence-electron chi connectivity index (χ4n) is 3.36. The predicted molar refractivity (Wildman–Crippen MR) is 77.4 cm³/mol. The van der Waals surface area contributed by atoms with Gasteiger partial charge in [-0.2, -0.15) is 0 Å². The van der Waals surface area contributed by atoms with Crippen LogP contribution >= 0.6 is 0 Å². The van der Waals surface area contributed by atoms with Crippen molar-refractivity contribution in [2.75, 3.05) is 6.54 Å². The van der Waals surface area contributed by atoms with Crippen LogP contribution in [0.15, 0.2) is 18.2 Å². The highest BCUT2D eigenvalue weighted by Gasteiger charge is 2.29. The Morgan fingerprint density at radius 1 is 1.20 bits per heavy atom. The summed E-state index contributed by atoms with van der Waals surface area (Å²) < 4.78 is 27.9. The van der Waals surface area contributed by atoms with Crippen molar-refractivity contribution in [3.63, 3.8) is 0 Å². The summed E-state index contributed by atoms with van der Waals surface area (Å²) in [4.78, 5) is 2.20. The van der Waals surface area contributed by atoms with E-state index in [0.717, 1.165) is 32.2 Å². The standard InChI is InChI=1S/C16H24F2N2/c1-3-20(13-9-7-12(19)8-10-13)11(2)16-14(17)5-4-6-15(16)18/h4-6,11-13H,3,7-10,19H2,1-2H3. The molecule has 1 aliphatic rings. The molecule has 2 N–H and O–H groups in total. The van der Waals surface area contributed by atoms with Crippen molar-refractivity contribution >= 4 is 0 Å². The van der Waals surface area contributed by atoms with Gasteiger partial charge in [-0.1, -0.05) is 13.0 Å². The second-order valence-electron chi connectivity index (χ2n) is 5.71. The smallest absolute Gasteiger partial charge is 0.130 e. The van der Waals surface area contributed by atoms with Crippen molar-refractivity contribution in [3.8, 4) is 0 Å². The van der Waals surface area contributed by atoms with Gasteiger partial charge in [-0.15, -0.1) is 0 Å². The lowest BCUT2D eigenvalue weighted by Gasteiger charge is -2.39. The van der Waals surface area contributed by atoms with Gasteiger partial charge < -0.3 is 5.73 Å². The van der Waals surface area contributed by atoms with E-state index in [1.807, 2.05) is 13.8 Å². The van der Waals surface area contributed by atoms with Gasteiger partial charge >= 0.3 is 0 Å². The van der Waals surface area contributed by atoms with Crippen LogP contribution in [0.5, 0.6) is 0 Å². The molecule has 0 bridgehead atoms. The van der Waals surface area contributed by atoms with E-state index in [1.54, 1.807) is 0 Å². The van der Waals surface area contributed by atoms with Gasteiger partial charge in [0.15, 0.2) is 0 Å². The summed E-state index contributed by atoms with van der Waals surface area (Å²) in [5.41, 5.74) is 6.12. The van der Waals surface area contributed by atoms with Gasteiger partial charge in [0.05, 0.1) is 0 Å². The number of halogens is 2. The molecular weight excluding hydrogens is 258 g/mol. The number of rotatable bonds is 4. The molecule has 1 aliphatic carbocycles. The van der Waals surface area contributed by atoms with Gasteiger partial charge in [-0.25, -0.2) is 8.78 Å².